The molecular weight excluding hydrogens is 326 g/mol. The lowest BCUT2D eigenvalue weighted by Gasteiger charge is -2.06. The van der Waals surface area contributed by atoms with Gasteiger partial charge in [-0.2, -0.15) is 0 Å². The SMILES string of the molecule is CNC(=O)N(C)C.NCCNCCO.O=[P+](O)O[P+](=O)O. The maximum Gasteiger partial charge on any atom is 0.745 e. The summed E-state index contributed by atoms with van der Waals surface area (Å²) in [4.78, 5) is 27.1. The van der Waals surface area contributed by atoms with Crippen LogP contribution in [0.5, 0.6) is 0 Å². The highest BCUT2D eigenvalue weighted by Crippen LogP contribution is 2.30. The molecular formula is C8H24N4O7P2+2. The number of amides is 2. The first kappa shape index (κ1) is 25.2. The van der Waals surface area contributed by atoms with Crippen LogP contribution < -0.4 is 16.4 Å². The van der Waals surface area contributed by atoms with Crippen LogP contribution in [0.4, 0.5) is 4.79 Å². The van der Waals surface area contributed by atoms with E-state index in [4.69, 9.17) is 20.6 Å². The van der Waals surface area contributed by atoms with Gasteiger partial charge >= 0.3 is 22.5 Å². The van der Waals surface area contributed by atoms with Crippen molar-refractivity contribution in [1.29, 1.82) is 0 Å². The first-order valence-corrected chi connectivity index (χ1v) is 7.89. The molecule has 2 atom stereocenters. The highest BCUT2D eigenvalue weighted by atomic mass is 31.2. The Morgan fingerprint density at radius 2 is 1.71 bits per heavy atom. The summed E-state index contributed by atoms with van der Waals surface area (Å²) in [7, 11) is -0.861. The van der Waals surface area contributed by atoms with Gasteiger partial charge in [-0.05, 0) is 0 Å². The summed E-state index contributed by atoms with van der Waals surface area (Å²) in [5.74, 6) is 0. The van der Waals surface area contributed by atoms with Crippen LogP contribution in [0.25, 0.3) is 0 Å². The van der Waals surface area contributed by atoms with Crippen molar-refractivity contribution in [2.75, 3.05) is 47.4 Å². The minimum absolute atomic E-state index is 0.0694. The number of hydrogen-bond acceptors (Lipinski definition) is 7. The third-order valence-electron chi connectivity index (χ3n) is 1.37. The average molecular weight is 350 g/mol. The summed E-state index contributed by atoms with van der Waals surface area (Å²) < 4.78 is 22.2. The molecule has 21 heavy (non-hydrogen) atoms. The number of aliphatic hydroxyl groups is 1. The number of hydrogen-bond donors (Lipinski definition) is 6. The number of rotatable bonds is 6. The molecule has 0 aromatic heterocycles. The largest absolute Gasteiger partial charge is 0.745 e. The topological polar surface area (TPSA) is 174 Å². The molecule has 7 N–H and O–H groups in total. The van der Waals surface area contributed by atoms with Crippen LogP contribution in [0.15, 0.2) is 0 Å². The Morgan fingerprint density at radius 3 is 1.86 bits per heavy atom. The van der Waals surface area contributed by atoms with E-state index < -0.39 is 16.5 Å². The Balaban J connectivity index is -0.000000231. The van der Waals surface area contributed by atoms with Crippen molar-refractivity contribution in [3.63, 3.8) is 0 Å². The maximum atomic E-state index is 10.3. The van der Waals surface area contributed by atoms with Crippen LogP contribution in [0.3, 0.4) is 0 Å². The number of nitrogens with zero attached hydrogens (tertiary/aromatic N) is 1. The van der Waals surface area contributed by atoms with E-state index in [-0.39, 0.29) is 12.6 Å². The van der Waals surface area contributed by atoms with Gasteiger partial charge < -0.3 is 26.4 Å². The summed E-state index contributed by atoms with van der Waals surface area (Å²) in [6.07, 6.45) is 0. The molecule has 2 amide bonds. The number of urea groups is 1. The van der Waals surface area contributed by atoms with Crippen molar-refractivity contribution in [1.82, 2.24) is 15.5 Å². The monoisotopic (exact) mass is 350 g/mol. The number of nitrogens with one attached hydrogen (secondary N) is 2. The number of aliphatic hydroxyl groups excluding tert-OH is 1. The van der Waals surface area contributed by atoms with Gasteiger partial charge in [-0.1, -0.05) is 0 Å². The van der Waals surface area contributed by atoms with E-state index in [1.807, 2.05) is 0 Å². The van der Waals surface area contributed by atoms with Crippen LogP contribution in [-0.4, -0.2) is 73.2 Å². The van der Waals surface area contributed by atoms with Crippen molar-refractivity contribution in [3.05, 3.63) is 0 Å². The molecule has 0 aliphatic carbocycles. The lowest BCUT2D eigenvalue weighted by atomic mass is 10.6. The summed E-state index contributed by atoms with van der Waals surface area (Å²) in [6, 6.07) is -0.0694. The first-order valence-electron chi connectivity index (χ1n) is 5.63. The minimum Gasteiger partial charge on any atom is -0.395 e. The normalized spacial score (nSPS) is 10.2. The van der Waals surface area contributed by atoms with Crippen LogP contribution in [0.1, 0.15) is 0 Å². The highest BCUT2D eigenvalue weighted by molar-refractivity contribution is 7.46. The van der Waals surface area contributed by atoms with E-state index >= 15 is 0 Å². The highest BCUT2D eigenvalue weighted by Gasteiger charge is 2.31. The quantitative estimate of drug-likeness (QED) is 0.252. The smallest absolute Gasteiger partial charge is 0.395 e. The fourth-order valence-corrected chi connectivity index (χ4v) is 1.07. The van der Waals surface area contributed by atoms with Gasteiger partial charge in [0.1, 0.15) is 0 Å². The van der Waals surface area contributed by atoms with E-state index in [1.165, 1.54) is 4.90 Å². The third kappa shape index (κ3) is 32.6. The molecule has 0 bridgehead atoms. The van der Waals surface area contributed by atoms with E-state index in [0.717, 1.165) is 6.54 Å². The number of carbonyl (C=O) groups is 1. The molecule has 126 valence electrons. The fraction of sp³-hybridized carbons (Fsp3) is 0.875. The van der Waals surface area contributed by atoms with Crippen LogP contribution in [0.2, 0.25) is 0 Å². The second-order valence-corrected chi connectivity index (χ2v) is 4.87. The van der Waals surface area contributed by atoms with Crippen molar-refractivity contribution in [2.24, 2.45) is 5.73 Å². The van der Waals surface area contributed by atoms with Gasteiger partial charge in [0.25, 0.3) is 0 Å². The molecule has 0 aliphatic heterocycles. The molecule has 0 spiro atoms. The van der Waals surface area contributed by atoms with E-state index in [9.17, 15) is 13.9 Å². The number of carbonyl (C=O) groups excluding carboxylic acids is 1. The molecule has 0 aromatic carbocycles. The zero-order valence-electron chi connectivity index (χ0n) is 12.2. The fourth-order valence-electron chi connectivity index (χ4n) is 0.589. The molecule has 0 radical (unpaired) electrons. The predicted octanol–water partition coefficient (Wildman–Crippen LogP) is -1.28. The average Bonchev–Trinajstić information content (AvgIpc) is 2.38. The zero-order chi connectivity index (χ0) is 17.3. The van der Waals surface area contributed by atoms with Crippen molar-refractivity contribution < 1.29 is 33.1 Å². The van der Waals surface area contributed by atoms with Crippen molar-refractivity contribution in [2.45, 2.75) is 0 Å². The summed E-state index contributed by atoms with van der Waals surface area (Å²) >= 11 is 0. The van der Waals surface area contributed by atoms with Crippen molar-refractivity contribution >= 4 is 22.5 Å². The summed E-state index contributed by atoms with van der Waals surface area (Å²) in [5.41, 5.74) is 5.13. The summed E-state index contributed by atoms with van der Waals surface area (Å²) in [6.45, 7) is 2.28. The molecule has 0 aromatic rings. The van der Waals surface area contributed by atoms with Gasteiger partial charge in [0, 0.05) is 49.9 Å². The van der Waals surface area contributed by atoms with E-state index in [2.05, 4.69) is 14.9 Å². The lowest BCUT2D eigenvalue weighted by molar-refractivity contribution is 0.219. The molecule has 0 saturated carbocycles. The number of nitrogens with two attached hydrogens (primary N) is 1. The Bertz CT molecular complexity index is 278. The van der Waals surface area contributed by atoms with Gasteiger partial charge in [0.2, 0.25) is 0 Å². The Labute approximate surface area is 125 Å². The van der Waals surface area contributed by atoms with Crippen LogP contribution >= 0.6 is 16.5 Å². The molecule has 0 fully saturated rings. The molecule has 0 rings (SSSR count). The molecule has 0 saturated heterocycles. The van der Waals surface area contributed by atoms with Gasteiger partial charge in [-0.3, -0.25) is 0 Å². The lowest BCUT2D eigenvalue weighted by Crippen LogP contribution is -2.31. The summed E-state index contributed by atoms with van der Waals surface area (Å²) in [5, 5.41) is 13.6. The first-order chi connectivity index (χ1) is 9.72. The third-order valence-corrected chi connectivity index (χ3v) is 2.49. The second-order valence-electron chi connectivity index (χ2n) is 3.27. The van der Waals surface area contributed by atoms with E-state index in [0.29, 0.717) is 13.1 Å². The Hall–Kier alpha value is -0.770. The molecule has 0 aliphatic rings. The zero-order valence-corrected chi connectivity index (χ0v) is 14.0. The van der Waals surface area contributed by atoms with Crippen molar-refractivity contribution in [3.8, 4) is 0 Å². The van der Waals surface area contributed by atoms with Gasteiger partial charge in [-0.15, -0.1) is 9.79 Å². The van der Waals surface area contributed by atoms with Crippen LogP contribution in [-0.2, 0) is 13.4 Å². The van der Waals surface area contributed by atoms with Gasteiger partial charge in [-0.25, -0.2) is 4.79 Å². The van der Waals surface area contributed by atoms with Gasteiger partial charge in [0.05, 0.1) is 6.61 Å². The van der Waals surface area contributed by atoms with Crippen LogP contribution in [0, 0.1) is 0 Å². The van der Waals surface area contributed by atoms with E-state index in [1.54, 1.807) is 21.1 Å². The standard InChI is InChI=1S/C4H10N2O.C4H12N2O.O5P2/c1-5-4(7)6(2)3;5-1-2-6-3-4-7;1-6(2)5-7(3)4/h1-3H3,(H,5,7);6-7H,1-5H2;/p+2. The Morgan fingerprint density at radius 1 is 1.24 bits per heavy atom. The maximum absolute atomic E-state index is 10.3. The molecule has 13 heteroatoms. The predicted molar refractivity (Wildman–Crippen MR) is 77.9 cm³/mol. The molecule has 2 unspecified atom stereocenters. The molecule has 11 nitrogen and oxygen atoms in total. The minimum atomic E-state index is -2.92. The Kier molecular flexibility index (Phi) is 23.1. The van der Waals surface area contributed by atoms with Gasteiger partial charge in [0.15, 0.2) is 4.31 Å². The second kappa shape index (κ2) is 19.2. The molecule has 0 heterocycles.